The van der Waals surface area contributed by atoms with Crippen LogP contribution in [-0.4, -0.2) is 45.5 Å². The smallest absolute Gasteiger partial charge is 0.243 e. The fourth-order valence-corrected chi connectivity index (χ4v) is 4.92. The molecule has 0 bridgehead atoms. The average Bonchev–Trinajstić information content (AvgIpc) is 2.69. The first-order valence-corrected chi connectivity index (χ1v) is 11.3. The first kappa shape index (κ1) is 20.7. The van der Waals surface area contributed by atoms with Crippen LogP contribution in [0.3, 0.4) is 0 Å². The van der Waals surface area contributed by atoms with Crippen molar-refractivity contribution in [3.05, 3.63) is 53.1 Å². The molecule has 0 saturated carbocycles. The van der Waals surface area contributed by atoms with Crippen molar-refractivity contribution in [2.75, 3.05) is 37.7 Å². The largest absolute Gasteiger partial charge is 0.493 e. The first-order chi connectivity index (χ1) is 13.3. The predicted octanol–water partition coefficient (Wildman–Crippen LogP) is 3.91. The quantitative estimate of drug-likeness (QED) is 0.735. The number of anilines is 1. The van der Waals surface area contributed by atoms with E-state index in [9.17, 15) is 8.42 Å². The summed E-state index contributed by atoms with van der Waals surface area (Å²) in [5.41, 5.74) is 4.54. The van der Waals surface area contributed by atoms with Crippen molar-refractivity contribution < 1.29 is 13.2 Å². The molecule has 1 saturated heterocycles. The maximum absolute atomic E-state index is 13.1. The highest BCUT2D eigenvalue weighted by Gasteiger charge is 2.29. The highest BCUT2D eigenvalue weighted by molar-refractivity contribution is 7.89. The van der Waals surface area contributed by atoms with Crippen LogP contribution in [0.2, 0.25) is 0 Å². The van der Waals surface area contributed by atoms with Gasteiger partial charge in [0.05, 0.1) is 11.5 Å². The van der Waals surface area contributed by atoms with Crippen LogP contribution < -0.4 is 9.64 Å². The average molecular weight is 403 g/mol. The molecule has 0 atom stereocenters. The summed E-state index contributed by atoms with van der Waals surface area (Å²) >= 11 is 0. The monoisotopic (exact) mass is 402 g/mol. The second-order valence-corrected chi connectivity index (χ2v) is 9.37. The van der Waals surface area contributed by atoms with Gasteiger partial charge < -0.3 is 9.64 Å². The topological polar surface area (TPSA) is 49.9 Å². The number of aryl methyl sites for hydroxylation is 3. The molecule has 152 valence electrons. The maximum atomic E-state index is 13.1. The van der Waals surface area contributed by atoms with Crippen molar-refractivity contribution >= 4 is 15.7 Å². The van der Waals surface area contributed by atoms with Crippen LogP contribution >= 0.6 is 0 Å². The van der Waals surface area contributed by atoms with Gasteiger partial charge in [0.15, 0.2) is 0 Å². The van der Waals surface area contributed by atoms with Gasteiger partial charge in [-0.15, -0.1) is 0 Å². The van der Waals surface area contributed by atoms with Crippen molar-refractivity contribution in [1.82, 2.24) is 4.31 Å². The Hall–Kier alpha value is -2.05. The maximum Gasteiger partial charge on any atom is 0.243 e. The second kappa shape index (κ2) is 8.53. The molecule has 0 spiro atoms. The summed E-state index contributed by atoms with van der Waals surface area (Å²) < 4.78 is 33.4. The molecule has 3 rings (SSSR count). The molecule has 0 aromatic heterocycles. The molecule has 0 unspecified atom stereocenters. The van der Waals surface area contributed by atoms with Crippen LogP contribution in [0.1, 0.15) is 30.0 Å². The lowest BCUT2D eigenvalue weighted by Gasteiger charge is -2.35. The molecule has 1 heterocycles. The van der Waals surface area contributed by atoms with Crippen molar-refractivity contribution in [3.8, 4) is 5.75 Å². The van der Waals surface area contributed by atoms with Gasteiger partial charge in [-0.05, 0) is 74.2 Å². The summed E-state index contributed by atoms with van der Waals surface area (Å²) in [6.45, 7) is 11.1. The van der Waals surface area contributed by atoms with E-state index in [1.54, 1.807) is 22.5 Å². The van der Waals surface area contributed by atoms with Gasteiger partial charge in [-0.2, -0.15) is 4.31 Å². The zero-order valence-electron chi connectivity index (χ0n) is 17.2. The standard InChI is InChI=1S/C22H30N2O3S/c1-5-14-27-22-9-8-21(16-19(22)4)28(25,26)24-12-10-23(11-13-24)20-7-6-17(2)18(3)15-20/h6-9,15-16H,5,10-14H2,1-4H3. The summed E-state index contributed by atoms with van der Waals surface area (Å²) in [6.07, 6.45) is 0.921. The molecule has 28 heavy (non-hydrogen) atoms. The molecule has 0 N–H and O–H groups in total. The van der Waals surface area contributed by atoms with Crippen LogP contribution in [0.15, 0.2) is 41.3 Å². The number of nitrogens with zero attached hydrogens (tertiary/aromatic N) is 2. The molecule has 6 heteroatoms. The molecule has 2 aromatic rings. The van der Waals surface area contributed by atoms with E-state index in [0.29, 0.717) is 37.7 Å². The van der Waals surface area contributed by atoms with Crippen LogP contribution in [0.25, 0.3) is 0 Å². The van der Waals surface area contributed by atoms with Crippen LogP contribution in [0.5, 0.6) is 5.75 Å². The molecule has 2 aromatic carbocycles. The Morgan fingerprint density at radius 2 is 1.61 bits per heavy atom. The first-order valence-electron chi connectivity index (χ1n) is 9.88. The molecule has 1 fully saturated rings. The van der Waals surface area contributed by atoms with Gasteiger partial charge in [0.25, 0.3) is 0 Å². The molecule has 5 nitrogen and oxygen atoms in total. The molecule has 0 radical (unpaired) electrons. The van der Waals surface area contributed by atoms with Crippen molar-refractivity contribution in [3.63, 3.8) is 0 Å². The lowest BCUT2D eigenvalue weighted by atomic mass is 10.1. The van der Waals surface area contributed by atoms with E-state index in [1.165, 1.54) is 11.1 Å². The van der Waals surface area contributed by atoms with Crippen LogP contribution in [0.4, 0.5) is 5.69 Å². The highest BCUT2D eigenvalue weighted by Crippen LogP contribution is 2.26. The van der Waals surface area contributed by atoms with E-state index in [1.807, 2.05) is 13.8 Å². The number of sulfonamides is 1. The summed E-state index contributed by atoms with van der Waals surface area (Å²) in [7, 11) is -3.49. The summed E-state index contributed by atoms with van der Waals surface area (Å²) in [5, 5.41) is 0. The number of hydrogen-bond donors (Lipinski definition) is 0. The van der Waals surface area contributed by atoms with Gasteiger partial charge in [0, 0.05) is 31.9 Å². The lowest BCUT2D eigenvalue weighted by molar-refractivity contribution is 0.315. The van der Waals surface area contributed by atoms with Crippen molar-refractivity contribution in [2.45, 2.75) is 39.0 Å². The predicted molar refractivity (Wildman–Crippen MR) is 114 cm³/mol. The van der Waals surface area contributed by atoms with E-state index in [4.69, 9.17) is 4.74 Å². The number of piperazine rings is 1. The van der Waals surface area contributed by atoms with Crippen LogP contribution in [0, 0.1) is 20.8 Å². The van der Waals surface area contributed by atoms with E-state index < -0.39 is 10.0 Å². The van der Waals surface area contributed by atoms with Crippen molar-refractivity contribution in [1.29, 1.82) is 0 Å². The SMILES string of the molecule is CCCOc1ccc(S(=O)(=O)N2CCN(c3ccc(C)c(C)c3)CC2)cc1C. The summed E-state index contributed by atoms with van der Waals surface area (Å²) in [4.78, 5) is 2.60. The third kappa shape index (κ3) is 4.33. The minimum Gasteiger partial charge on any atom is -0.493 e. The Morgan fingerprint density at radius 1 is 0.893 bits per heavy atom. The molecule has 1 aliphatic rings. The minimum atomic E-state index is -3.49. The Balaban J connectivity index is 1.70. The van der Waals surface area contributed by atoms with Gasteiger partial charge in [-0.3, -0.25) is 0 Å². The van der Waals surface area contributed by atoms with E-state index >= 15 is 0 Å². The Kier molecular flexibility index (Phi) is 6.30. The Bertz CT molecular complexity index is 933. The highest BCUT2D eigenvalue weighted by atomic mass is 32.2. The van der Waals surface area contributed by atoms with E-state index in [2.05, 4.69) is 36.9 Å². The van der Waals surface area contributed by atoms with Gasteiger partial charge in [0.2, 0.25) is 10.0 Å². The van der Waals surface area contributed by atoms with Gasteiger partial charge in [-0.1, -0.05) is 13.0 Å². The zero-order valence-corrected chi connectivity index (χ0v) is 18.1. The van der Waals surface area contributed by atoms with Gasteiger partial charge >= 0.3 is 0 Å². The van der Waals surface area contributed by atoms with Gasteiger partial charge in [0.1, 0.15) is 5.75 Å². The number of hydrogen-bond acceptors (Lipinski definition) is 4. The summed E-state index contributed by atoms with van der Waals surface area (Å²) in [6, 6.07) is 11.6. The minimum absolute atomic E-state index is 0.341. The molecule has 1 aliphatic heterocycles. The summed E-state index contributed by atoms with van der Waals surface area (Å²) in [5.74, 6) is 0.750. The van der Waals surface area contributed by atoms with Gasteiger partial charge in [-0.25, -0.2) is 8.42 Å². The number of benzene rings is 2. The van der Waals surface area contributed by atoms with Crippen LogP contribution in [-0.2, 0) is 10.0 Å². The zero-order chi connectivity index (χ0) is 20.3. The fourth-order valence-electron chi connectivity index (χ4n) is 3.41. The molecule has 0 aliphatic carbocycles. The third-order valence-electron chi connectivity index (χ3n) is 5.34. The third-order valence-corrected chi connectivity index (χ3v) is 7.23. The van der Waals surface area contributed by atoms with Crippen molar-refractivity contribution in [2.24, 2.45) is 0 Å². The molecular weight excluding hydrogens is 372 g/mol. The van der Waals surface area contributed by atoms with E-state index in [-0.39, 0.29) is 0 Å². The fraction of sp³-hybridized carbons (Fsp3) is 0.455. The second-order valence-electron chi connectivity index (χ2n) is 7.44. The lowest BCUT2D eigenvalue weighted by Crippen LogP contribution is -2.48. The molecular formula is C22H30N2O3S. The molecule has 0 amide bonds. The Morgan fingerprint density at radius 3 is 2.21 bits per heavy atom. The number of ether oxygens (including phenoxy) is 1. The number of rotatable bonds is 6. The normalized spacial score (nSPS) is 15.6. The Labute approximate surface area is 169 Å². The van der Waals surface area contributed by atoms with E-state index in [0.717, 1.165) is 23.4 Å².